The number of fused-ring (bicyclic) bond motifs is 1. The van der Waals surface area contributed by atoms with Crippen molar-refractivity contribution in [2.45, 2.75) is 39.8 Å². The topological polar surface area (TPSA) is 74.6 Å². The number of anilines is 1. The van der Waals surface area contributed by atoms with E-state index in [-0.39, 0.29) is 18.4 Å². The standard InChI is InChI=1S/C22H32N6O2/c1-18(2)13-21(29)28-10-6-9-25(3)11-12-26(14-19-7-4-5-8-20(19)28)22(30)15-27-17-23-16-24-27/h4-5,7-8,16-18H,6,9-15H2,1-3H3. The van der Waals surface area contributed by atoms with Crippen LogP contribution in [0.25, 0.3) is 0 Å². The molecule has 1 aromatic carbocycles. The Morgan fingerprint density at radius 2 is 1.87 bits per heavy atom. The SMILES string of the molecule is CC(C)CC(=O)N1CCCN(C)CCN(C(=O)Cn2cncn2)Cc2ccccc21. The normalized spacial score (nSPS) is 16.3. The van der Waals surface area contributed by atoms with Crippen molar-refractivity contribution in [3.8, 4) is 0 Å². The van der Waals surface area contributed by atoms with Crippen LogP contribution in [0, 0.1) is 5.92 Å². The number of aromatic nitrogens is 3. The fourth-order valence-electron chi connectivity index (χ4n) is 3.70. The van der Waals surface area contributed by atoms with Crippen molar-refractivity contribution < 1.29 is 9.59 Å². The van der Waals surface area contributed by atoms with E-state index in [2.05, 4.69) is 35.9 Å². The summed E-state index contributed by atoms with van der Waals surface area (Å²) in [6.45, 7) is 7.70. The number of benzene rings is 1. The van der Waals surface area contributed by atoms with Gasteiger partial charge < -0.3 is 14.7 Å². The summed E-state index contributed by atoms with van der Waals surface area (Å²) in [7, 11) is 2.06. The molecule has 0 saturated carbocycles. The van der Waals surface area contributed by atoms with Crippen LogP contribution in [0.2, 0.25) is 0 Å². The van der Waals surface area contributed by atoms with Crippen LogP contribution in [0.15, 0.2) is 36.9 Å². The second-order valence-corrected chi connectivity index (χ2v) is 8.34. The lowest BCUT2D eigenvalue weighted by atomic mass is 10.1. The van der Waals surface area contributed by atoms with Gasteiger partial charge in [-0.15, -0.1) is 0 Å². The molecule has 0 bridgehead atoms. The molecule has 3 rings (SSSR count). The van der Waals surface area contributed by atoms with Gasteiger partial charge in [0.2, 0.25) is 11.8 Å². The molecule has 1 aromatic heterocycles. The number of amides is 2. The number of hydrogen-bond acceptors (Lipinski definition) is 5. The van der Waals surface area contributed by atoms with Gasteiger partial charge in [0.05, 0.1) is 0 Å². The minimum Gasteiger partial charge on any atom is -0.335 e. The number of likely N-dealkylation sites (N-methyl/N-ethyl adjacent to an activating group) is 1. The van der Waals surface area contributed by atoms with E-state index in [0.717, 1.165) is 30.8 Å². The van der Waals surface area contributed by atoms with Crippen molar-refractivity contribution in [3.05, 3.63) is 42.5 Å². The van der Waals surface area contributed by atoms with Crippen LogP contribution in [-0.2, 0) is 22.7 Å². The average Bonchev–Trinajstić information content (AvgIpc) is 3.20. The van der Waals surface area contributed by atoms with E-state index in [0.29, 0.717) is 32.0 Å². The third-order valence-corrected chi connectivity index (χ3v) is 5.32. The fraction of sp³-hybridized carbons (Fsp3) is 0.545. The molecule has 0 unspecified atom stereocenters. The van der Waals surface area contributed by atoms with Crippen LogP contribution in [-0.4, -0.2) is 69.6 Å². The van der Waals surface area contributed by atoms with Gasteiger partial charge in [-0.25, -0.2) is 9.67 Å². The maximum Gasteiger partial charge on any atom is 0.244 e. The fourth-order valence-corrected chi connectivity index (χ4v) is 3.70. The van der Waals surface area contributed by atoms with E-state index in [1.165, 1.54) is 6.33 Å². The highest BCUT2D eigenvalue weighted by Gasteiger charge is 2.23. The zero-order chi connectivity index (χ0) is 21.5. The highest BCUT2D eigenvalue weighted by molar-refractivity contribution is 5.94. The second kappa shape index (κ2) is 10.3. The summed E-state index contributed by atoms with van der Waals surface area (Å²) < 4.78 is 1.54. The summed E-state index contributed by atoms with van der Waals surface area (Å²) in [4.78, 5) is 36.0. The molecule has 0 spiro atoms. The molecule has 0 radical (unpaired) electrons. The Bertz CT molecular complexity index is 836. The molecule has 2 amide bonds. The van der Waals surface area contributed by atoms with Gasteiger partial charge in [-0.1, -0.05) is 32.0 Å². The molecule has 8 heteroatoms. The minimum absolute atomic E-state index is 0.0111. The van der Waals surface area contributed by atoms with Crippen molar-refractivity contribution in [2.24, 2.45) is 5.92 Å². The summed E-state index contributed by atoms with van der Waals surface area (Å²) in [5.41, 5.74) is 1.90. The first-order chi connectivity index (χ1) is 14.4. The largest absolute Gasteiger partial charge is 0.335 e. The smallest absolute Gasteiger partial charge is 0.244 e. The molecule has 0 fully saturated rings. The molecule has 30 heavy (non-hydrogen) atoms. The summed E-state index contributed by atoms with van der Waals surface area (Å²) in [5.74, 6) is 0.425. The van der Waals surface area contributed by atoms with E-state index in [4.69, 9.17) is 0 Å². The Labute approximate surface area is 178 Å². The Hall–Kier alpha value is -2.74. The Kier molecular flexibility index (Phi) is 7.57. The van der Waals surface area contributed by atoms with Gasteiger partial charge in [-0.3, -0.25) is 9.59 Å². The van der Waals surface area contributed by atoms with Crippen LogP contribution in [0.4, 0.5) is 5.69 Å². The number of para-hydroxylation sites is 1. The van der Waals surface area contributed by atoms with E-state index < -0.39 is 0 Å². The lowest BCUT2D eigenvalue weighted by Crippen LogP contribution is -2.39. The number of nitrogens with zero attached hydrogens (tertiary/aromatic N) is 6. The van der Waals surface area contributed by atoms with Crippen LogP contribution in [0.5, 0.6) is 0 Å². The van der Waals surface area contributed by atoms with Gasteiger partial charge in [0.25, 0.3) is 0 Å². The van der Waals surface area contributed by atoms with Crippen molar-refractivity contribution >= 4 is 17.5 Å². The van der Waals surface area contributed by atoms with Gasteiger partial charge in [0.15, 0.2) is 0 Å². The van der Waals surface area contributed by atoms with Crippen LogP contribution in [0.3, 0.4) is 0 Å². The van der Waals surface area contributed by atoms with Crippen molar-refractivity contribution in [2.75, 3.05) is 38.1 Å². The van der Waals surface area contributed by atoms with E-state index >= 15 is 0 Å². The maximum atomic E-state index is 13.0. The Morgan fingerprint density at radius 1 is 1.07 bits per heavy atom. The van der Waals surface area contributed by atoms with Gasteiger partial charge >= 0.3 is 0 Å². The lowest BCUT2D eigenvalue weighted by molar-refractivity contribution is -0.132. The number of carbonyl (C=O) groups is 2. The van der Waals surface area contributed by atoms with Gasteiger partial charge in [-0.05, 0) is 37.6 Å². The lowest BCUT2D eigenvalue weighted by Gasteiger charge is -2.28. The molecule has 0 atom stereocenters. The first kappa shape index (κ1) is 22.0. The molecule has 0 aliphatic carbocycles. The molecule has 1 aliphatic rings. The van der Waals surface area contributed by atoms with E-state index in [1.807, 2.05) is 34.1 Å². The van der Waals surface area contributed by atoms with Gasteiger partial charge in [0.1, 0.15) is 19.2 Å². The van der Waals surface area contributed by atoms with Crippen molar-refractivity contribution in [1.29, 1.82) is 0 Å². The monoisotopic (exact) mass is 412 g/mol. The maximum absolute atomic E-state index is 13.0. The molecular weight excluding hydrogens is 380 g/mol. The minimum atomic E-state index is -0.0111. The first-order valence-electron chi connectivity index (χ1n) is 10.6. The Morgan fingerprint density at radius 3 is 2.60 bits per heavy atom. The Balaban J connectivity index is 1.89. The highest BCUT2D eigenvalue weighted by atomic mass is 16.2. The summed E-state index contributed by atoms with van der Waals surface area (Å²) >= 11 is 0. The van der Waals surface area contributed by atoms with Crippen molar-refractivity contribution in [1.82, 2.24) is 24.6 Å². The number of carbonyl (C=O) groups excluding carboxylic acids is 2. The molecule has 2 aromatic rings. The summed E-state index contributed by atoms with van der Waals surface area (Å²) in [6.07, 6.45) is 4.39. The van der Waals surface area contributed by atoms with Crippen LogP contribution >= 0.6 is 0 Å². The van der Waals surface area contributed by atoms with Crippen LogP contribution < -0.4 is 4.90 Å². The molecule has 0 saturated heterocycles. The predicted octanol–water partition coefficient (Wildman–Crippen LogP) is 2.02. The molecule has 2 heterocycles. The number of rotatable bonds is 4. The third-order valence-electron chi connectivity index (χ3n) is 5.32. The quantitative estimate of drug-likeness (QED) is 0.768. The van der Waals surface area contributed by atoms with Crippen molar-refractivity contribution in [3.63, 3.8) is 0 Å². The summed E-state index contributed by atoms with van der Waals surface area (Å²) in [6, 6.07) is 7.94. The molecule has 0 N–H and O–H groups in total. The van der Waals surface area contributed by atoms with Crippen LogP contribution in [0.1, 0.15) is 32.3 Å². The van der Waals surface area contributed by atoms with Gasteiger partial charge in [0, 0.05) is 38.3 Å². The first-order valence-corrected chi connectivity index (χ1v) is 10.6. The predicted molar refractivity (Wildman–Crippen MR) is 116 cm³/mol. The summed E-state index contributed by atoms with van der Waals surface area (Å²) in [5, 5.41) is 4.06. The molecular formula is C22H32N6O2. The van der Waals surface area contributed by atoms with E-state index in [9.17, 15) is 9.59 Å². The zero-order valence-corrected chi connectivity index (χ0v) is 18.2. The zero-order valence-electron chi connectivity index (χ0n) is 18.2. The highest BCUT2D eigenvalue weighted by Crippen LogP contribution is 2.25. The number of hydrogen-bond donors (Lipinski definition) is 0. The molecule has 8 nitrogen and oxygen atoms in total. The average molecular weight is 413 g/mol. The second-order valence-electron chi connectivity index (χ2n) is 8.34. The molecule has 1 aliphatic heterocycles. The van der Waals surface area contributed by atoms with Gasteiger partial charge in [-0.2, -0.15) is 5.10 Å². The molecule has 162 valence electrons. The van der Waals surface area contributed by atoms with E-state index in [1.54, 1.807) is 11.0 Å². The third kappa shape index (κ3) is 5.89.